The van der Waals surface area contributed by atoms with Gasteiger partial charge < -0.3 is 10.1 Å². The van der Waals surface area contributed by atoms with Crippen molar-refractivity contribution >= 4 is 5.97 Å². The lowest BCUT2D eigenvalue weighted by Gasteiger charge is -2.38. The number of nitrogens with one attached hydrogen (secondary N) is 1. The van der Waals surface area contributed by atoms with Crippen molar-refractivity contribution in [3.8, 4) is 0 Å². The van der Waals surface area contributed by atoms with Gasteiger partial charge in [0.05, 0.1) is 5.92 Å². The molecule has 2 aliphatic rings. The van der Waals surface area contributed by atoms with Crippen LogP contribution in [0, 0.1) is 23.7 Å². The molecule has 0 amide bonds. The monoisotopic (exact) mass is 309 g/mol. The van der Waals surface area contributed by atoms with Gasteiger partial charge in [-0.05, 0) is 83.7 Å². The molecule has 1 N–H and O–H groups in total. The summed E-state index contributed by atoms with van der Waals surface area (Å²) in [6.07, 6.45) is 7.99. The average molecular weight is 309 g/mol. The van der Waals surface area contributed by atoms with Crippen LogP contribution in [0.3, 0.4) is 0 Å². The lowest BCUT2D eigenvalue weighted by atomic mass is 9.78. The quantitative estimate of drug-likeness (QED) is 0.775. The van der Waals surface area contributed by atoms with Gasteiger partial charge in [-0.2, -0.15) is 0 Å². The van der Waals surface area contributed by atoms with Crippen molar-refractivity contribution in [1.82, 2.24) is 5.32 Å². The van der Waals surface area contributed by atoms with Crippen LogP contribution >= 0.6 is 0 Å². The van der Waals surface area contributed by atoms with Gasteiger partial charge in [-0.25, -0.2) is 0 Å². The van der Waals surface area contributed by atoms with E-state index in [2.05, 4.69) is 33.0 Å². The Labute approximate surface area is 136 Å². The third kappa shape index (κ3) is 4.97. The smallest absolute Gasteiger partial charge is 0.309 e. The van der Waals surface area contributed by atoms with Gasteiger partial charge >= 0.3 is 5.97 Å². The highest BCUT2D eigenvalue weighted by Gasteiger charge is 2.37. The molecular formula is C19H35NO2. The van der Waals surface area contributed by atoms with E-state index in [1.807, 2.05) is 0 Å². The van der Waals surface area contributed by atoms with Crippen LogP contribution in [0.2, 0.25) is 0 Å². The zero-order valence-electron chi connectivity index (χ0n) is 15.0. The van der Waals surface area contributed by atoms with Crippen molar-refractivity contribution in [3.05, 3.63) is 0 Å². The first-order valence-electron chi connectivity index (χ1n) is 9.32. The van der Waals surface area contributed by atoms with Crippen molar-refractivity contribution in [2.45, 2.75) is 78.2 Å². The topological polar surface area (TPSA) is 38.3 Å². The first-order valence-corrected chi connectivity index (χ1v) is 9.32. The van der Waals surface area contributed by atoms with E-state index in [1.165, 1.54) is 19.3 Å². The molecule has 0 aromatic carbocycles. The molecule has 3 heteroatoms. The second-order valence-electron chi connectivity index (χ2n) is 8.40. The first-order chi connectivity index (χ1) is 10.4. The van der Waals surface area contributed by atoms with E-state index in [0.717, 1.165) is 50.6 Å². The third-order valence-electron chi connectivity index (χ3n) is 5.67. The summed E-state index contributed by atoms with van der Waals surface area (Å²) in [7, 11) is 0. The van der Waals surface area contributed by atoms with Crippen molar-refractivity contribution in [1.29, 1.82) is 0 Å². The zero-order valence-corrected chi connectivity index (χ0v) is 15.0. The Hall–Kier alpha value is -0.570. The van der Waals surface area contributed by atoms with Crippen LogP contribution in [0.5, 0.6) is 0 Å². The summed E-state index contributed by atoms with van der Waals surface area (Å²) in [5.41, 5.74) is -0.312. The largest absolute Gasteiger partial charge is 0.459 e. The van der Waals surface area contributed by atoms with E-state index >= 15 is 0 Å². The number of rotatable bonds is 5. The van der Waals surface area contributed by atoms with Gasteiger partial charge in [0.25, 0.3) is 0 Å². The maximum absolute atomic E-state index is 12.5. The molecule has 0 aromatic heterocycles. The molecule has 0 spiro atoms. The van der Waals surface area contributed by atoms with Gasteiger partial charge in [0.15, 0.2) is 0 Å². The van der Waals surface area contributed by atoms with Gasteiger partial charge in [-0.1, -0.05) is 13.8 Å². The van der Waals surface area contributed by atoms with E-state index < -0.39 is 0 Å². The predicted molar refractivity (Wildman–Crippen MR) is 90.7 cm³/mol. The summed E-state index contributed by atoms with van der Waals surface area (Å²) in [6.45, 7) is 10.9. The Morgan fingerprint density at radius 3 is 2.23 bits per heavy atom. The summed E-state index contributed by atoms with van der Waals surface area (Å²) < 4.78 is 5.97. The van der Waals surface area contributed by atoms with Crippen molar-refractivity contribution in [2.24, 2.45) is 23.7 Å². The number of hydrogen-bond acceptors (Lipinski definition) is 3. The summed E-state index contributed by atoms with van der Waals surface area (Å²) >= 11 is 0. The fourth-order valence-corrected chi connectivity index (χ4v) is 4.24. The Balaban J connectivity index is 1.79. The van der Waals surface area contributed by atoms with E-state index in [0.29, 0.717) is 5.92 Å². The van der Waals surface area contributed by atoms with Crippen LogP contribution in [0.4, 0.5) is 0 Å². The Morgan fingerprint density at radius 1 is 1.09 bits per heavy atom. The van der Waals surface area contributed by atoms with Gasteiger partial charge in [0.2, 0.25) is 0 Å². The van der Waals surface area contributed by atoms with E-state index in [1.54, 1.807) is 0 Å². The predicted octanol–water partition coefficient (Wildman–Crippen LogP) is 4.16. The van der Waals surface area contributed by atoms with Crippen molar-refractivity contribution < 1.29 is 9.53 Å². The van der Waals surface area contributed by atoms with Gasteiger partial charge in [-0.3, -0.25) is 4.79 Å². The normalized spacial score (nSPS) is 27.9. The number of piperidine rings is 1. The summed E-state index contributed by atoms with van der Waals surface area (Å²) in [4.78, 5) is 12.5. The second kappa shape index (κ2) is 7.81. The van der Waals surface area contributed by atoms with E-state index in [9.17, 15) is 4.79 Å². The molecular weight excluding hydrogens is 274 g/mol. The van der Waals surface area contributed by atoms with Crippen LogP contribution in [-0.2, 0) is 9.53 Å². The maximum atomic E-state index is 12.5. The molecule has 1 aliphatic heterocycles. The van der Waals surface area contributed by atoms with Gasteiger partial charge in [-0.15, -0.1) is 0 Å². The number of hydrogen-bond donors (Lipinski definition) is 1. The fraction of sp³-hybridized carbons (Fsp3) is 0.947. The fourth-order valence-electron chi connectivity index (χ4n) is 4.24. The highest BCUT2D eigenvalue weighted by atomic mass is 16.6. The number of ether oxygens (including phenoxy) is 1. The molecule has 2 fully saturated rings. The molecule has 0 atom stereocenters. The molecule has 1 heterocycles. The highest BCUT2D eigenvalue weighted by molar-refractivity contribution is 5.73. The lowest BCUT2D eigenvalue weighted by Crippen LogP contribution is -2.44. The minimum Gasteiger partial charge on any atom is -0.459 e. The minimum absolute atomic E-state index is 0.0616. The minimum atomic E-state index is -0.312. The summed E-state index contributed by atoms with van der Waals surface area (Å²) in [5.74, 6) is 2.29. The van der Waals surface area contributed by atoms with Crippen LogP contribution in [0.1, 0.15) is 72.6 Å². The standard InChI is InChI=1S/C19H35NO2/c1-14(2)13-15-5-7-16(8-6-15)18(21)22-19(3,4)17-9-11-20-12-10-17/h14-17,20H,5-13H2,1-4H3. The summed E-state index contributed by atoms with van der Waals surface area (Å²) in [5, 5.41) is 3.38. The molecule has 0 bridgehead atoms. The van der Waals surface area contributed by atoms with E-state index in [4.69, 9.17) is 4.74 Å². The number of esters is 1. The third-order valence-corrected chi connectivity index (χ3v) is 5.67. The second-order valence-corrected chi connectivity index (χ2v) is 8.40. The molecule has 1 saturated heterocycles. The van der Waals surface area contributed by atoms with Crippen LogP contribution < -0.4 is 5.32 Å². The molecule has 2 rings (SSSR count). The molecule has 1 aliphatic carbocycles. The molecule has 3 nitrogen and oxygen atoms in total. The Bertz CT molecular complexity index is 350. The van der Waals surface area contributed by atoms with Crippen LogP contribution in [-0.4, -0.2) is 24.7 Å². The zero-order chi connectivity index (χ0) is 16.2. The van der Waals surface area contributed by atoms with Crippen LogP contribution in [0.25, 0.3) is 0 Å². The molecule has 0 aromatic rings. The van der Waals surface area contributed by atoms with E-state index in [-0.39, 0.29) is 17.5 Å². The maximum Gasteiger partial charge on any atom is 0.309 e. The first kappa shape index (κ1) is 17.8. The van der Waals surface area contributed by atoms with Crippen molar-refractivity contribution in [3.63, 3.8) is 0 Å². The van der Waals surface area contributed by atoms with Crippen molar-refractivity contribution in [2.75, 3.05) is 13.1 Å². The molecule has 0 unspecified atom stereocenters. The molecule has 0 radical (unpaired) electrons. The molecule has 1 saturated carbocycles. The van der Waals surface area contributed by atoms with Gasteiger partial charge in [0.1, 0.15) is 5.60 Å². The van der Waals surface area contributed by atoms with Gasteiger partial charge in [0, 0.05) is 5.92 Å². The SMILES string of the molecule is CC(C)CC1CCC(C(=O)OC(C)(C)C2CCNCC2)CC1. The number of carbonyl (C=O) groups excluding carboxylic acids is 1. The van der Waals surface area contributed by atoms with Crippen LogP contribution in [0.15, 0.2) is 0 Å². The average Bonchev–Trinajstić information content (AvgIpc) is 2.48. The summed E-state index contributed by atoms with van der Waals surface area (Å²) in [6, 6.07) is 0. The Kier molecular flexibility index (Phi) is 6.31. The Morgan fingerprint density at radius 2 is 1.68 bits per heavy atom. The number of carbonyl (C=O) groups is 1. The highest BCUT2D eigenvalue weighted by Crippen LogP contribution is 2.35. The molecule has 128 valence electrons. The lowest BCUT2D eigenvalue weighted by molar-refractivity contribution is -0.169. The molecule has 22 heavy (non-hydrogen) atoms.